The van der Waals surface area contributed by atoms with Gasteiger partial charge in [-0.2, -0.15) is 0 Å². The number of nitrogens with one attached hydrogen (secondary N) is 1. The molecule has 6 nitrogen and oxygen atoms in total. The van der Waals surface area contributed by atoms with Crippen molar-refractivity contribution in [1.82, 2.24) is 5.32 Å². The molecule has 19 heavy (non-hydrogen) atoms. The number of azide groups is 1. The highest BCUT2D eigenvalue weighted by Gasteiger charge is 2.19. The molecular weight excluding hydrogens is 242 g/mol. The Bertz CT molecular complexity index is 520. The van der Waals surface area contributed by atoms with E-state index in [0.29, 0.717) is 6.54 Å². The lowest BCUT2D eigenvalue weighted by Gasteiger charge is -2.19. The lowest BCUT2D eigenvalue weighted by molar-refractivity contribution is -0.120. The third-order valence-corrected chi connectivity index (χ3v) is 3.10. The number of hydrogen-bond acceptors (Lipinski definition) is 3. The van der Waals surface area contributed by atoms with E-state index in [-0.39, 0.29) is 6.54 Å². The predicted octanol–water partition coefficient (Wildman–Crippen LogP) is 2.04. The van der Waals surface area contributed by atoms with Crippen molar-refractivity contribution < 1.29 is 4.79 Å². The Morgan fingerprint density at radius 1 is 1.37 bits per heavy atom. The summed E-state index contributed by atoms with van der Waals surface area (Å²) in [6.07, 6.45) is 0. The van der Waals surface area contributed by atoms with Gasteiger partial charge in [-0.15, -0.1) is 0 Å². The summed E-state index contributed by atoms with van der Waals surface area (Å²) < 4.78 is 0. The van der Waals surface area contributed by atoms with Crippen molar-refractivity contribution in [3.63, 3.8) is 0 Å². The topological polar surface area (TPSA) is 104 Å². The van der Waals surface area contributed by atoms with E-state index < -0.39 is 11.9 Å². The average molecular weight is 261 g/mol. The van der Waals surface area contributed by atoms with Gasteiger partial charge in [0.15, 0.2) is 0 Å². The lowest BCUT2D eigenvalue weighted by atomic mass is 9.95. The van der Waals surface area contributed by atoms with Crippen LogP contribution in [0.3, 0.4) is 0 Å². The predicted molar refractivity (Wildman–Crippen MR) is 74.6 cm³/mol. The second-order valence-corrected chi connectivity index (χ2v) is 4.54. The Morgan fingerprint density at radius 2 is 2.00 bits per heavy atom. The maximum Gasteiger partial charge on any atom is 0.239 e. The first-order valence-electron chi connectivity index (χ1n) is 6.08. The van der Waals surface area contributed by atoms with E-state index in [9.17, 15) is 4.79 Å². The molecule has 0 radical (unpaired) electrons. The third kappa shape index (κ3) is 3.98. The van der Waals surface area contributed by atoms with Crippen LogP contribution in [0.25, 0.3) is 10.4 Å². The average Bonchev–Trinajstić information content (AvgIpc) is 2.34. The van der Waals surface area contributed by atoms with Crippen molar-refractivity contribution in [3.05, 3.63) is 44.8 Å². The number of carbonyl (C=O) groups is 1. The van der Waals surface area contributed by atoms with Crippen molar-refractivity contribution in [2.75, 3.05) is 13.1 Å². The molecule has 0 aliphatic heterocycles. The van der Waals surface area contributed by atoms with E-state index in [2.05, 4.69) is 15.3 Å². The van der Waals surface area contributed by atoms with Gasteiger partial charge in [-0.05, 0) is 48.6 Å². The molecule has 0 saturated heterocycles. The first kappa shape index (κ1) is 15.0. The summed E-state index contributed by atoms with van der Waals surface area (Å²) in [5.41, 5.74) is 17.8. The summed E-state index contributed by atoms with van der Waals surface area (Å²) in [6, 6.07) is 3.45. The molecule has 0 aromatic heterocycles. The highest BCUT2D eigenvalue weighted by Crippen LogP contribution is 2.21. The summed E-state index contributed by atoms with van der Waals surface area (Å²) in [7, 11) is 0. The van der Waals surface area contributed by atoms with E-state index in [1.54, 1.807) is 0 Å². The van der Waals surface area contributed by atoms with Gasteiger partial charge in [0.2, 0.25) is 5.91 Å². The number of benzene rings is 1. The highest BCUT2D eigenvalue weighted by atomic mass is 16.1. The number of hydrogen-bond donors (Lipinski definition) is 2. The van der Waals surface area contributed by atoms with Crippen molar-refractivity contribution in [2.24, 2.45) is 10.8 Å². The molecule has 1 aromatic rings. The molecule has 1 unspecified atom stereocenters. The van der Waals surface area contributed by atoms with E-state index in [1.165, 1.54) is 5.56 Å². The van der Waals surface area contributed by atoms with Gasteiger partial charge < -0.3 is 11.1 Å². The first-order valence-corrected chi connectivity index (χ1v) is 6.08. The molecule has 0 heterocycles. The van der Waals surface area contributed by atoms with Gasteiger partial charge in [-0.1, -0.05) is 17.2 Å². The minimum atomic E-state index is -0.562. The molecule has 0 bridgehead atoms. The maximum absolute atomic E-state index is 11.6. The molecule has 0 fully saturated rings. The van der Waals surface area contributed by atoms with Crippen LogP contribution < -0.4 is 11.1 Å². The largest absolute Gasteiger partial charge is 0.368 e. The summed E-state index contributed by atoms with van der Waals surface area (Å²) in [5.74, 6) is -0.438. The number of aryl methyl sites for hydroxylation is 3. The maximum atomic E-state index is 11.6. The lowest BCUT2D eigenvalue weighted by Crippen LogP contribution is -2.35. The van der Waals surface area contributed by atoms with E-state index in [1.807, 2.05) is 32.9 Å². The quantitative estimate of drug-likeness (QED) is 0.354. The number of amides is 1. The van der Waals surface area contributed by atoms with Crippen molar-refractivity contribution in [3.8, 4) is 0 Å². The zero-order chi connectivity index (χ0) is 14.4. The van der Waals surface area contributed by atoms with Crippen LogP contribution >= 0.6 is 0 Å². The monoisotopic (exact) mass is 261 g/mol. The number of nitrogens with two attached hydrogens (primary N) is 1. The van der Waals surface area contributed by atoms with Crippen LogP contribution in [0.4, 0.5) is 0 Å². The second-order valence-electron chi connectivity index (χ2n) is 4.54. The molecule has 1 atom stereocenters. The molecule has 1 rings (SSSR count). The van der Waals surface area contributed by atoms with Crippen LogP contribution in [0.1, 0.15) is 28.3 Å². The zero-order valence-corrected chi connectivity index (χ0v) is 11.5. The zero-order valence-electron chi connectivity index (χ0n) is 11.5. The van der Waals surface area contributed by atoms with Crippen LogP contribution in [0.2, 0.25) is 0 Å². The Morgan fingerprint density at radius 3 is 2.58 bits per heavy atom. The van der Waals surface area contributed by atoms with E-state index >= 15 is 0 Å². The van der Waals surface area contributed by atoms with Crippen LogP contribution in [-0.4, -0.2) is 19.0 Å². The van der Waals surface area contributed by atoms with Gasteiger partial charge in [0.05, 0.1) is 0 Å². The SMILES string of the molecule is Cc1cc(C)c(C(NCCN=[N+]=[N-])C(N)=O)cc1C. The molecular formula is C13H19N5O. The molecule has 3 N–H and O–H groups in total. The van der Waals surface area contributed by atoms with Gasteiger partial charge in [0.25, 0.3) is 0 Å². The minimum Gasteiger partial charge on any atom is -0.368 e. The molecule has 6 heteroatoms. The number of nitrogens with zero attached hydrogens (tertiary/aromatic N) is 3. The molecule has 1 aromatic carbocycles. The van der Waals surface area contributed by atoms with Gasteiger partial charge in [-0.25, -0.2) is 0 Å². The molecule has 0 aliphatic rings. The van der Waals surface area contributed by atoms with Crippen LogP contribution in [0, 0.1) is 20.8 Å². The van der Waals surface area contributed by atoms with Crippen molar-refractivity contribution in [1.29, 1.82) is 0 Å². The van der Waals surface area contributed by atoms with E-state index in [0.717, 1.165) is 16.7 Å². The van der Waals surface area contributed by atoms with Gasteiger partial charge >= 0.3 is 0 Å². The van der Waals surface area contributed by atoms with Gasteiger partial charge in [0.1, 0.15) is 6.04 Å². The first-order chi connectivity index (χ1) is 8.97. The van der Waals surface area contributed by atoms with Crippen LogP contribution in [0.15, 0.2) is 17.2 Å². The van der Waals surface area contributed by atoms with Crippen LogP contribution in [0.5, 0.6) is 0 Å². The molecule has 102 valence electrons. The number of rotatable bonds is 6. The Hall–Kier alpha value is -2.04. The van der Waals surface area contributed by atoms with Crippen molar-refractivity contribution in [2.45, 2.75) is 26.8 Å². The Balaban J connectivity index is 2.96. The standard InChI is InChI=1S/C13H19N5O/c1-8-6-10(3)11(7-9(8)2)12(13(14)19)16-4-5-17-18-15/h6-7,12,16H,4-5H2,1-3H3,(H2,14,19). The fourth-order valence-corrected chi connectivity index (χ4v) is 1.96. The minimum absolute atomic E-state index is 0.282. The van der Waals surface area contributed by atoms with E-state index in [4.69, 9.17) is 11.3 Å². The Kier molecular flexibility index (Phi) is 5.36. The summed E-state index contributed by atoms with van der Waals surface area (Å²) in [6.45, 7) is 6.66. The second kappa shape index (κ2) is 6.78. The van der Waals surface area contributed by atoms with Gasteiger partial charge in [-0.3, -0.25) is 4.79 Å². The highest BCUT2D eigenvalue weighted by molar-refractivity contribution is 5.82. The number of carbonyl (C=O) groups excluding carboxylic acids is 1. The normalized spacial score (nSPS) is 11.7. The molecule has 0 spiro atoms. The summed E-state index contributed by atoms with van der Waals surface area (Å²) >= 11 is 0. The third-order valence-electron chi connectivity index (χ3n) is 3.10. The molecule has 1 amide bonds. The molecule has 0 saturated carbocycles. The Labute approximate surface area is 112 Å². The fraction of sp³-hybridized carbons (Fsp3) is 0.462. The molecule has 0 aliphatic carbocycles. The van der Waals surface area contributed by atoms with Gasteiger partial charge in [0, 0.05) is 18.0 Å². The fourth-order valence-electron chi connectivity index (χ4n) is 1.96. The number of primary amides is 1. The van der Waals surface area contributed by atoms with Crippen molar-refractivity contribution >= 4 is 5.91 Å². The van der Waals surface area contributed by atoms with Crippen LogP contribution in [-0.2, 0) is 4.79 Å². The summed E-state index contributed by atoms with van der Waals surface area (Å²) in [5, 5.41) is 6.44. The summed E-state index contributed by atoms with van der Waals surface area (Å²) in [4.78, 5) is 14.2. The smallest absolute Gasteiger partial charge is 0.239 e.